The number of nitrogens with two attached hydrogens (primary N) is 1. The van der Waals surface area contributed by atoms with Gasteiger partial charge in [0.1, 0.15) is 17.2 Å². The Kier molecular flexibility index (Phi) is 3.58. The Bertz CT molecular complexity index is 1140. The van der Waals surface area contributed by atoms with Gasteiger partial charge in [0.05, 0.1) is 11.8 Å². The van der Waals surface area contributed by atoms with Crippen LogP contribution in [0.25, 0.3) is 33.7 Å². The molecular weight excluding hydrogens is 343 g/mol. The van der Waals surface area contributed by atoms with Crippen molar-refractivity contribution in [1.29, 1.82) is 0 Å². The molecule has 4 aromatic rings. The highest BCUT2D eigenvalue weighted by Gasteiger charge is 2.31. The number of imidazole rings is 1. The van der Waals surface area contributed by atoms with E-state index in [2.05, 4.69) is 20.1 Å². The molecule has 6 nitrogen and oxygen atoms in total. The number of benzene rings is 1. The second-order valence-electron chi connectivity index (χ2n) is 7.13. The van der Waals surface area contributed by atoms with Gasteiger partial charge in [0.25, 0.3) is 0 Å². The third-order valence-electron chi connectivity index (χ3n) is 5.40. The molecule has 0 saturated heterocycles. The van der Waals surface area contributed by atoms with E-state index in [4.69, 9.17) is 5.73 Å². The third kappa shape index (κ3) is 2.62. The van der Waals surface area contributed by atoms with Gasteiger partial charge < -0.3 is 10.7 Å². The summed E-state index contributed by atoms with van der Waals surface area (Å²) in [4.78, 5) is 12.3. The lowest BCUT2D eigenvalue weighted by Crippen LogP contribution is -2.37. The van der Waals surface area contributed by atoms with Crippen LogP contribution < -0.4 is 5.73 Å². The van der Waals surface area contributed by atoms with Crippen molar-refractivity contribution in [2.24, 2.45) is 12.8 Å². The maximum atomic E-state index is 14.7. The van der Waals surface area contributed by atoms with Crippen LogP contribution in [-0.2, 0) is 7.05 Å². The van der Waals surface area contributed by atoms with Gasteiger partial charge in [-0.1, -0.05) is 12.1 Å². The Balaban J connectivity index is 1.58. The number of fused-ring (bicyclic) bond motifs is 1. The van der Waals surface area contributed by atoms with Crippen LogP contribution in [0.3, 0.4) is 0 Å². The van der Waals surface area contributed by atoms with Crippen molar-refractivity contribution in [2.75, 3.05) is 0 Å². The fourth-order valence-electron chi connectivity index (χ4n) is 3.73. The number of nitrogens with zero attached hydrogens (tertiary/aromatic N) is 4. The summed E-state index contributed by atoms with van der Waals surface area (Å²) in [6.07, 6.45) is 7.24. The molecule has 2 atom stereocenters. The van der Waals surface area contributed by atoms with Crippen molar-refractivity contribution in [3.05, 3.63) is 54.2 Å². The van der Waals surface area contributed by atoms with Crippen LogP contribution in [0.4, 0.5) is 4.39 Å². The van der Waals surface area contributed by atoms with Gasteiger partial charge in [-0.2, -0.15) is 5.10 Å². The molecule has 3 heterocycles. The number of halogens is 1. The summed E-state index contributed by atoms with van der Waals surface area (Å²) >= 11 is 0. The smallest absolute Gasteiger partial charge is 0.158 e. The topological polar surface area (TPSA) is 85.4 Å². The number of nitrogens with one attached hydrogen (secondary N) is 1. The number of hydrogen-bond acceptors (Lipinski definition) is 4. The predicted octanol–water partition coefficient (Wildman–Crippen LogP) is 3.37. The first-order valence-corrected chi connectivity index (χ1v) is 8.99. The third-order valence-corrected chi connectivity index (χ3v) is 5.40. The van der Waals surface area contributed by atoms with Crippen LogP contribution in [0.15, 0.2) is 42.9 Å². The van der Waals surface area contributed by atoms with Crippen LogP contribution in [0.2, 0.25) is 0 Å². The molecule has 1 fully saturated rings. The highest BCUT2D eigenvalue weighted by atomic mass is 19.1. The highest BCUT2D eigenvalue weighted by Crippen LogP contribution is 2.38. The Hall–Kier alpha value is -3.06. The zero-order valence-electron chi connectivity index (χ0n) is 14.9. The first-order valence-electron chi connectivity index (χ1n) is 8.99. The summed E-state index contributed by atoms with van der Waals surface area (Å²) in [5, 5.41) is 4.18. The molecule has 27 heavy (non-hydrogen) atoms. The first kappa shape index (κ1) is 16.1. The van der Waals surface area contributed by atoms with E-state index >= 15 is 0 Å². The molecule has 0 radical (unpaired) electrons. The molecule has 0 bridgehead atoms. The van der Waals surface area contributed by atoms with Gasteiger partial charge in [-0.3, -0.25) is 4.68 Å². The zero-order valence-corrected chi connectivity index (χ0v) is 14.9. The van der Waals surface area contributed by atoms with Crippen LogP contribution >= 0.6 is 0 Å². The molecule has 136 valence electrons. The second-order valence-corrected chi connectivity index (χ2v) is 7.13. The van der Waals surface area contributed by atoms with E-state index in [1.54, 1.807) is 23.1 Å². The highest BCUT2D eigenvalue weighted by molar-refractivity contribution is 5.91. The molecule has 1 aliphatic rings. The fourth-order valence-corrected chi connectivity index (χ4v) is 3.73. The van der Waals surface area contributed by atoms with Crippen molar-refractivity contribution in [2.45, 2.75) is 24.8 Å². The number of aryl methyl sites for hydroxylation is 1. The quantitative estimate of drug-likeness (QED) is 0.585. The van der Waals surface area contributed by atoms with Gasteiger partial charge in [0, 0.05) is 37.0 Å². The van der Waals surface area contributed by atoms with Gasteiger partial charge in [0.15, 0.2) is 5.65 Å². The molecule has 1 aromatic carbocycles. The second kappa shape index (κ2) is 5.99. The van der Waals surface area contributed by atoms with E-state index in [1.165, 1.54) is 0 Å². The normalized spacial score (nSPS) is 19.4. The predicted molar refractivity (Wildman–Crippen MR) is 101 cm³/mol. The molecular formula is C20H19FN6. The Morgan fingerprint density at radius 1 is 1.22 bits per heavy atom. The zero-order chi connectivity index (χ0) is 18.5. The molecule has 0 spiro atoms. The lowest BCUT2D eigenvalue weighted by Gasteiger charge is -2.34. The molecule has 2 unspecified atom stereocenters. The fraction of sp³-hybridized carbons (Fsp3) is 0.250. The monoisotopic (exact) mass is 362 g/mol. The van der Waals surface area contributed by atoms with E-state index in [9.17, 15) is 4.39 Å². The number of hydrogen-bond donors (Lipinski definition) is 2. The number of rotatable bonds is 3. The minimum atomic E-state index is -0.208. The van der Waals surface area contributed by atoms with E-state index < -0.39 is 0 Å². The summed E-state index contributed by atoms with van der Waals surface area (Å²) in [6, 6.07) is 7.30. The van der Waals surface area contributed by atoms with Crippen LogP contribution in [0.1, 0.15) is 24.3 Å². The summed E-state index contributed by atoms with van der Waals surface area (Å²) in [5.41, 5.74) is 10.6. The lowest BCUT2D eigenvalue weighted by atomic mass is 9.75. The molecule has 0 amide bonds. The standard InChI is InChI=1S/C20H19FN6/c1-27-10-12(9-24-27)19-25-18-13(6-7-23-20(18)26-19)11-2-3-14(16(21)8-11)15-4-5-17(15)22/h2-3,6-10,15,17H,4-5,22H2,1H3,(H,23,25,26). The van der Waals surface area contributed by atoms with E-state index in [-0.39, 0.29) is 17.8 Å². The summed E-state index contributed by atoms with van der Waals surface area (Å²) < 4.78 is 16.5. The van der Waals surface area contributed by atoms with Crippen molar-refractivity contribution < 1.29 is 4.39 Å². The van der Waals surface area contributed by atoms with Crippen molar-refractivity contribution >= 4 is 11.2 Å². The minimum absolute atomic E-state index is 0.0614. The number of aromatic nitrogens is 5. The number of pyridine rings is 1. The molecule has 1 aliphatic carbocycles. The van der Waals surface area contributed by atoms with Gasteiger partial charge in [-0.15, -0.1) is 0 Å². The van der Waals surface area contributed by atoms with Crippen LogP contribution in [0, 0.1) is 5.82 Å². The summed E-state index contributed by atoms with van der Waals surface area (Å²) in [7, 11) is 1.86. The van der Waals surface area contributed by atoms with E-state index in [0.29, 0.717) is 22.6 Å². The summed E-state index contributed by atoms with van der Waals surface area (Å²) in [6.45, 7) is 0. The number of aromatic amines is 1. The van der Waals surface area contributed by atoms with Gasteiger partial charge >= 0.3 is 0 Å². The van der Waals surface area contributed by atoms with Crippen LogP contribution in [0.5, 0.6) is 0 Å². The van der Waals surface area contributed by atoms with E-state index in [0.717, 1.165) is 29.5 Å². The minimum Gasteiger partial charge on any atom is -0.327 e. The van der Waals surface area contributed by atoms with Gasteiger partial charge in [-0.25, -0.2) is 14.4 Å². The molecule has 0 aliphatic heterocycles. The first-order chi connectivity index (χ1) is 13.1. The Morgan fingerprint density at radius 2 is 2.11 bits per heavy atom. The van der Waals surface area contributed by atoms with Gasteiger partial charge in [-0.05, 0) is 36.1 Å². The average Bonchev–Trinajstić information content (AvgIpc) is 3.27. The maximum absolute atomic E-state index is 14.7. The lowest BCUT2D eigenvalue weighted by molar-refractivity contribution is 0.337. The number of H-pyrrole nitrogens is 1. The van der Waals surface area contributed by atoms with Gasteiger partial charge in [0.2, 0.25) is 0 Å². The molecule has 5 rings (SSSR count). The maximum Gasteiger partial charge on any atom is 0.158 e. The SMILES string of the molecule is Cn1cc(-c2nc3c(-c4ccc(C5CCC5N)c(F)c4)ccnc3[nH]2)cn1. The van der Waals surface area contributed by atoms with Crippen LogP contribution in [-0.4, -0.2) is 30.8 Å². The Morgan fingerprint density at radius 3 is 2.78 bits per heavy atom. The molecule has 7 heteroatoms. The van der Waals surface area contributed by atoms with Crippen molar-refractivity contribution in [3.63, 3.8) is 0 Å². The summed E-state index contributed by atoms with van der Waals surface area (Å²) in [5.74, 6) is 0.607. The molecule has 1 saturated carbocycles. The largest absolute Gasteiger partial charge is 0.327 e. The average molecular weight is 362 g/mol. The van der Waals surface area contributed by atoms with E-state index in [1.807, 2.05) is 31.4 Å². The molecule has 3 N–H and O–H groups in total. The Labute approximate surface area is 155 Å². The van der Waals surface area contributed by atoms with Crippen molar-refractivity contribution in [1.82, 2.24) is 24.7 Å². The molecule has 3 aromatic heterocycles. The van der Waals surface area contributed by atoms with Crippen molar-refractivity contribution in [3.8, 4) is 22.5 Å².